The highest BCUT2D eigenvalue weighted by Gasteiger charge is 2.45. The van der Waals surface area contributed by atoms with Crippen molar-refractivity contribution >= 4 is 11.0 Å². The van der Waals surface area contributed by atoms with E-state index in [0.717, 1.165) is 36.0 Å². The number of fused-ring (bicyclic) bond motifs is 1. The molecule has 96 valence electrons. The molecule has 1 saturated carbocycles. The molecule has 3 rings (SSSR count). The predicted molar refractivity (Wildman–Crippen MR) is 72.5 cm³/mol. The molecule has 1 fully saturated rings. The lowest BCUT2D eigenvalue weighted by Crippen LogP contribution is -2.22. The zero-order valence-electron chi connectivity index (χ0n) is 11.3. The van der Waals surface area contributed by atoms with Crippen LogP contribution < -0.4 is 0 Å². The van der Waals surface area contributed by atoms with Gasteiger partial charge in [-0.25, -0.2) is 0 Å². The minimum absolute atomic E-state index is 0.198. The van der Waals surface area contributed by atoms with Gasteiger partial charge in [0.1, 0.15) is 16.9 Å². The molecule has 0 spiro atoms. The third kappa shape index (κ3) is 1.85. The van der Waals surface area contributed by atoms with Crippen LogP contribution >= 0.6 is 0 Å². The van der Waals surface area contributed by atoms with E-state index in [9.17, 15) is 5.11 Å². The molecule has 1 atom stereocenters. The number of benzene rings is 1. The van der Waals surface area contributed by atoms with Crippen LogP contribution in [0.15, 0.2) is 28.7 Å². The fourth-order valence-corrected chi connectivity index (χ4v) is 3.12. The van der Waals surface area contributed by atoms with Crippen molar-refractivity contribution < 1.29 is 9.52 Å². The molecule has 1 heterocycles. The average Bonchev–Trinajstić information content (AvgIpc) is 2.80. The zero-order valence-corrected chi connectivity index (χ0v) is 11.3. The number of hydrogen-bond donors (Lipinski definition) is 1. The maximum absolute atomic E-state index is 10.8. The highest BCUT2D eigenvalue weighted by Crippen LogP contribution is 2.49. The molecule has 0 radical (unpaired) electrons. The Morgan fingerprint density at radius 1 is 1.17 bits per heavy atom. The molecule has 0 amide bonds. The summed E-state index contributed by atoms with van der Waals surface area (Å²) < 4.78 is 5.85. The first-order valence-corrected chi connectivity index (χ1v) is 6.61. The first-order valence-electron chi connectivity index (χ1n) is 6.61. The Balaban J connectivity index is 2.05. The fourth-order valence-electron chi connectivity index (χ4n) is 3.12. The second-order valence-electron chi connectivity index (χ2n) is 6.52. The summed E-state index contributed by atoms with van der Waals surface area (Å²) in [6.45, 7) is 6.48. The Labute approximate surface area is 108 Å². The van der Waals surface area contributed by atoms with Crippen molar-refractivity contribution in [1.82, 2.24) is 0 Å². The number of aliphatic hydroxyl groups is 1. The van der Waals surface area contributed by atoms with E-state index in [1.165, 1.54) is 5.56 Å². The Hall–Kier alpha value is -1.28. The van der Waals surface area contributed by atoms with Gasteiger partial charge < -0.3 is 9.52 Å². The Kier molecular flexibility index (Phi) is 2.36. The average molecular weight is 244 g/mol. The van der Waals surface area contributed by atoms with E-state index >= 15 is 0 Å². The normalized spacial score (nSPS) is 26.9. The molecular weight excluding hydrogens is 224 g/mol. The van der Waals surface area contributed by atoms with E-state index in [1.54, 1.807) is 0 Å². The first-order chi connectivity index (χ1) is 8.38. The number of rotatable bonds is 1. The third-order valence-electron chi connectivity index (χ3n) is 4.12. The van der Waals surface area contributed by atoms with Crippen LogP contribution in [0.3, 0.4) is 0 Å². The second-order valence-corrected chi connectivity index (χ2v) is 6.52. The largest absolute Gasteiger partial charge is 0.458 e. The van der Waals surface area contributed by atoms with E-state index in [0.29, 0.717) is 0 Å². The molecule has 2 heteroatoms. The van der Waals surface area contributed by atoms with Gasteiger partial charge in [-0.2, -0.15) is 0 Å². The van der Waals surface area contributed by atoms with Crippen molar-refractivity contribution in [2.24, 2.45) is 5.41 Å². The molecular formula is C16H20O2. The SMILES string of the molecule is Cc1ccc2oc(C3(O)CCC(C)(C)C3)cc2c1. The van der Waals surface area contributed by atoms with Crippen LogP contribution in [-0.4, -0.2) is 5.11 Å². The van der Waals surface area contributed by atoms with Gasteiger partial charge in [-0.1, -0.05) is 25.5 Å². The van der Waals surface area contributed by atoms with Gasteiger partial charge in [0.05, 0.1) is 0 Å². The van der Waals surface area contributed by atoms with E-state index in [-0.39, 0.29) is 5.41 Å². The van der Waals surface area contributed by atoms with Crippen LogP contribution in [-0.2, 0) is 5.60 Å². The van der Waals surface area contributed by atoms with Crippen molar-refractivity contribution in [3.8, 4) is 0 Å². The number of hydrogen-bond acceptors (Lipinski definition) is 2. The van der Waals surface area contributed by atoms with Gasteiger partial charge >= 0.3 is 0 Å². The molecule has 0 bridgehead atoms. The predicted octanol–water partition coefficient (Wildman–Crippen LogP) is 4.14. The summed E-state index contributed by atoms with van der Waals surface area (Å²) in [4.78, 5) is 0. The minimum atomic E-state index is -0.781. The molecule has 1 aromatic heterocycles. The van der Waals surface area contributed by atoms with Gasteiger partial charge in [-0.15, -0.1) is 0 Å². The molecule has 1 aliphatic rings. The van der Waals surface area contributed by atoms with E-state index in [2.05, 4.69) is 26.8 Å². The van der Waals surface area contributed by atoms with E-state index < -0.39 is 5.60 Å². The van der Waals surface area contributed by atoms with Gasteiger partial charge in [-0.05, 0) is 49.8 Å². The monoisotopic (exact) mass is 244 g/mol. The third-order valence-corrected chi connectivity index (χ3v) is 4.12. The summed E-state index contributed by atoms with van der Waals surface area (Å²) in [5, 5.41) is 11.9. The molecule has 1 aromatic carbocycles. The highest BCUT2D eigenvalue weighted by atomic mass is 16.4. The molecule has 1 unspecified atom stereocenters. The summed E-state index contributed by atoms with van der Waals surface area (Å²) in [6.07, 6.45) is 2.61. The fraction of sp³-hybridized carbons (Fsp3) is 0.500. The van der Waals surface area contributed by atoms with Crippen LogP contribution in [0.2, 0.25) is 0 Å². The quantitative estimate of drug-likeness (QED) is 0.818. The Morgan fingerprint density at radius 3 is 2.61 bits per heavy atom. The number of furan rings is 1. The lowest BCUT2D eigenvalue weighted by molar-refractivity contribution is 0.0138. The maximum atomic E-state index is 10.8. The minimum Gasteiger partial charge on any atom is -0.458 e. The van der Waals surface area contributed by atoms with Crippen molar-refractivity contribution in [2.75, 3.05) is 0 Å². The molecule has 0 aliphatic heterocycles. The van der Waals surface area contributed by atoms with Gasteiger partial charge in [0.25, 0.3) is 0 Å². The summed E-state index contributed by atoms with van der Waals surface area (Å²) in [5.74, 6) is 0.730. The molecule has 18 heavy (non-hydrogen) atoms. The standard InChI is InChI=1S/C16H20O2/c1-11-4-5-13-12(8-11)9-14(18-13)16(17)7-6-15(2,3)10-16/h4-5,8-9,17H,6-7,10H2,1-3H3. The Bertz CT molecular complexity index is 594. The van der Waals surface area contributed by atoms with Crippen LogP contribution in [0.1, 0.15) is 44.4 Å². The van der Waals surface area contributed by atoms with E-state index in [4.69, 9.17) is 4.42 Å². The molecule has 2 aromatic rings. The molecule has 1 N–H and O–H groups in total. The first kappa shape index (κ1) is 11.8. The topological polar surface area (TPSA) is 33.4 Å². The van der Waals surface area contributed by atoms with Gasteiger partial charge in [-0.3, -0.25) is 0 Å². The van der Waals surface area contributed by atoms with Crippen LogP contribution in [0.5, 0.6) is 0 Å². The molecule has 1 aliphatic carbocycles. The summed E-state index contributed by atoms with van der Waals surface area (Å²) in [5.41, 5.74) is 1.50. The lowest BCUT2D eigenvalue weighted by Gasteiger charge is -2.22. The van der Waals surface area contributed by atoms with Gasteiger partial charge in [0.2, 0.25) is 0 Å². The summed E-state index contributed by atoms with van der Waals surface area (Å²) >= 11 is 0. The highest BCUT2D eigenvalue weighted by molar-refractivity contribution is 5.78. The van der Waals surface area contributed by atoms with E-state index in [1.807, 2.05) is 18.2 Å². The summed E-state index contributed by atoms with van der Waals surface area (Å²) in [6, 6.07) is 8.13. The van der Waals surface area contributed by atoms with Crippen molar-refractivity contribution in [1.29, 1.82) is 0 Å². The van der Waals surface area contributed by atoms with Crippen molar-refractivity contribution in [2.45, 2.75) is 45.6 Å². The maximum Gasteiger partial charge on any atom is 0.136 e. The van der Waals surface area contributed by atoms with Crippen molar-refractivity contribution in [3.05, 3.63) is 35.6 Å². The Morgan fingerprint density at radius 2 is 1.94 bits per heavy atom. The lowest BCUT2D eigenvalue weighted by atomic mass is 9.88. The zero-order chi connectivity index (χ0) is 13.0. The number of aryl methyl sites for hydroxylation is 1. The molecule has 2 nitrogen and oxygen atoms in total. The van der Waals surface area contributed by atoms with Crippen LogP contribution in [0.25, 0.3) is 11.0 Å². The van der Waals surface area contributed by atoms with Crippen molar-refractivity contribution in [3.63, 3.8) is 0 Å². The van der Waals surface area contributed by atoms with Crippen LogP contribution in [0, 0.1) is 12.3 Å². The smallest absolute Gasteiger partial charge is 0.136 e. The second kappa shape index (κ2) is 3.61. The van der Waals surface area contributed by atoms with Crippen LogP contribution in [0.4, 0.5) is 0 Å². The van der Waals surface area contributed by atoms with Gasteiger partial charge in [0, 0.05) is 5.39 Å². The summed E-state index contributed by atoms with van der Waals surface area (Å²) in [7, 11) is 0. The van der Waals surface area contributed by atoms with Gasteiger partial charge in [0.15, 0.2) is 0 Å². The molecule has 0 saturated heterocycles.